The number of carbonyl (C=O) groups excluding carboxylic acids is 1. The Balaban J connectivity index is 1.92. The zero-order chi connectivity index (χ0) is 17.7. The largest absolute Gasteiger partial charge is 0.351 e. The van der Waals surface area contributed by atoms with E-state index in [2.05, 4.69) is 50.4 Å². The van der Waals surface area contributed by atoms with Crippen LogP contribution in [0.1, 0.15) is 35.3 Å². The first-order chi connectivity index (χ1) is 11.3. The normalized spacial score (nSPS) is 11.4. The van der Waals surface area contributed by atoms with Crippen molar-refractivity contribution in [2.75, 3.05) is 6.54 Å². The number of carbonyl (C=O) groups is 1. The Morgan fingerprint density at radius 3 is 2.25 bits per heavy atom. The summed E-state index contributed by atoms with van der Waals surface area (Å²) in [5.74, 6) is 0.658. The van der Waals surface area contributed by atoms with E-state index in [0.29, 0.717) is 22.2 Å². The van der Waals surface area contributed by atoms with Crippen molar-refractivity contribution >= 4 is 40.9 Å². The van der Waals surface area contributed by atoms with E-state index < -0.39 is 0 Å². The molecule has 0 radical (unpaired) electrons. The Bertz CT molecular complexity index is 694. The zero-order valence-electron chi connectivity index (χ0n) is 14.0. The summed E-state index contributed by atoms with van der Waals surface area (Å²) in [4.78, 5) is 12.4. The number of amides is 1. The highest BCUT2D eigenvalue weighted by Crippen LogP contribution is 2.28. The van der Waals surface area contributed by atoms with Gasteiger partial charge in [-0.15, -0.1) is 11.8 Å². The highest BCUT2D eigenvalue weighted by atomic mass is 35.5. The van der Waals surface area contributed by atoms with Gasteiger partial charge < -0.3 is 5.32 Å². The summed E-state index contributed by atoms with van der Waals surface area (Å²) < 4.78 is -0.103. The van der Waals surface area contributed by atoms with Gasteiger partial charge in [-0.3, -0.25) is 4.79 Å². The first kappa shape index (κ1) is 19.2. The van der Waals surface area contributed by atoms with Crippen molar-refractivity contribution in [2.24, 2.45) is 0 Å². The van der Waals surface area contributed by atoms with Crippen molar-refractivity contribution in [2.45, 2.75) is 31.3 Å². The highest BCUT2D eigenvalue weighted by molar-refractivity contribution is 7.99. The fraction of sp³-hybridized carbons (Fsp3) is 0.316. The van der Waals surface area contributed by atoms with Crippen molar-refractivity contribution in [3.63, 3.8) is 0 Å². The van der Waals surface area contributed by atoms with Gasteiger partial charge in [0.15, 0.2) is 0 Å². The van der Waals surface area contributed by atoms with Crippen LogP contribution in [0, 0.1) is 6.92 Å². The van der Waals surface area contributed by atoms with Gasteiger partial charge in [0.05, 0.1) is 15.6 Å². The molecule has 0 atom stereocenters. The van der Waals surface area contributed by atoms with Gasteiger partial charge in [-0.2, -0.15) is 0 Å². The Labute approximate surface area is 157 Å². The summed E-state index contributed by atoms with van der Waals surface area (Å²) in [6, 6.07) is 13.6. The van der Waals surface area contributed by atoms with Crippen LogP contribution in [-0.2, 0) is 5.75 Å². The number of rotatable bonds is 6. The molecule has 1 N–H and O–H groups in total. The molecule has 0 aliphatic heterocycles. The standard InChI is InChI=1S/C19H21Cl2NOS/c1-13-7-9-14(10-8-13)11-24-19(2,3)12-22-18(23)17-15(20)5-4-6-16(17)21/h4-10H,11-12H2,1-3H3,(H,22,23). The predicted molar refractivity (Wildman–Crippen MR) is 105 cm³/mol. The van der Waals surface area contributed by atoms with Crippen LogP contribution in [-0.4, -0.2) is 17.2 Å². The molecule has 0 saturated heterocycles. The van der Waals surface area contributed by atoms with Crippen LogP contribution in [0.25, 0.3) is 0 Å². The summed E-state index contributed by atoms with van der Waals surface area (Å²) in [7, 11) is 0. The van der Waals surface area contributed by atoms with Crippen LogP contribution in [0.4, 0.5) is 0 Å². The van der Waals surface area contributed by atoms with E-state index in [1.165, 1.54) is 11.1 Å². The van der Waals surface area contributed by atoms with E-state index in [4.69, 9.17) is 23.2 Å². The number of benzene rings is 2. The number of hydrogen-bond acceptors (Lipinski definition) is 2. The van der Waals surface area contributed by atoms with Gasteiger partial charge in [-0.25, -0.2) is 0 Å². The molecule has 2 aromatic rings. The SMILES string of the molecule is Cc1ccc(CSC(C)(C)CNC(=O)c2c(Cl)cccc2Cl)cc1. The van der Waals surface area contributed by atoms with Gasteiger partial charge in [-0.1, -0.05) is 59.1 Å². The van der Waals surface area contributed by atoms with E-state index in [-0.39, 0.29) is 10.7 Å². The van der Waals surface area contributed by atoms with Gasteiger partial charge in [0.2, 0.25) is 0 Å². The van der Waals surface area contributed by atoms with Crippen molar-refractivity contribution < 1.29 is 4.79 Å². The first-order valence-corrected chi connectivity index (χ1v) is 9.44. The van der Waals surface area contributed by atoms with Gasteiger partial charge in [0, 0.05) is 17.0 Å². The van der Waals surface area contributed by atoms with Gasteiger partial charge in [-0.05, 0) is 38.5 Å². The Hall–Kier alpha value is -1.16. The van der Waals surface area contributed by atoms with Crippen LogP contribution >= 0.6 is 35.0 Å². The van der Waals surface area contributed by atoms with E-state index in [0.717, 1.165) is 5.75 Å². The lowest BCUT2D eigenvalue weighted by Crippen LogP contribution is -2.36. The quantitative estimate of drug-likeness (QED) is 0.690. The van der Waals surface area contributed by atoms with Gasteiger partial charge >= 0.3 is 0 Å². The number of thioether (sulfide) groups is 1. The predicted octanol–water partition coefficient (Wildman–Crippen LogP) is 5.74. The minimum absolute atomic E-state index is 0.103. The highest BCUT2D eigenvalue weighted by Gasteiger charge is 2.21. The molecule has 0 bridgehead atoms. The molecule has 2 nitrogen and oxygen atoms in total. The summed E-state index contributed by atoms with van der Waals surface area (Å²) in [5.41, 5.74) is 2.87. The van der Waals surface area contributed by atoms with E-state index >= 15 is 0 Å². The smallest absolute Gasteiger partial charge is 0.254 e. The maximum Gasteiger partial charge on any atom is 0.254 e. The molecule has 0 heterocycles. The lowest BCUT2D eigenvalue weighted by atomic mass is 10.1. The van der Waals surface area contributed by atoms with Crippen LogP contribution in [0.2, 0.25) is 10.0 Å². The lowest BCUT2D eigenvalue weighted by molar-refractivity contribution is 0.0951. The van der Waals surface area contributed by atoms with Crippen LogP contribution in [0.15, 0.2) is 42.5 Å². The molecule has 0 spiro atoms. The molecular weight excluding hydrogens is 361 g/mol. The summed E-state index contributed by atoms with van der Waals surface area (Å²) in [6.45, 7) is 6.83. The third-order valence-electron chi connectivity index (χ3n) is 3.61. The van der Waals surface area contributed by atoms with Crippen LogP contribution in [0.3, 0.4) is 0 Å². The average molecular weight is 382 g/mol. The minimum Gasteiger partial charge on any atom is -0.351 e. The van der Waals surface area contributed by atoms with Gasteiger partial charge in [0.1, 0.15) is 0 Å². The Morgan fingerprint density at radius 2 is 1.67 bits per heavy atom. The molecule has 24 heavy (non-hydrogen) atoms. The third kappa shape index (κ3) is 5.44. The van der Waals surface area contributed by atoms with E-state index in [1.54, 1.807) is 30.0 Å². The second-order valence-corrected chi connectivity index (χ2v) is 8.81. The maximum atomic E-state index is 12.4. The molecule has 128 valence electrons. The molecule has 0 aliphatic carbocycles. The lowest BCUT2D eigenvalue weighted by Gasteiger charge is -2.25. The minimum atomic E-state index is -0.241. The Kier molecular flexibility index (Phi) is 6.62. The average Bonchev–Trinajstić information content (AvgIpc) is 2.52. The van der Waals surface area contributed by atoms with Gasteiger partial charge in [0.25, 0.3) is 5.91 Å². The molecule has 0 fully saturated rings. The molecule has 0 saturated carbocycles. The van der Waals surface area contributed by atoms with E-state index in [9.17, 15) is 4.79 Å². The molecule has 1 amide bonds. The number of hydrogen-bond donors (Lipinski definition) is 1. The summed E-state index contributed by atoms with van der Waals surface area (Å²) in [5, 5.41) is 3.67. The number of aryl methyl sites for hydroxylation is 1. The maximum absolute atomic E-state index is 12.4. The second kappa shape index (κ2) is 8.28. The molecule has 2 aromatic carbocycles. The van der Waals surface area contributed by atoms with Crippen LogP contribution in [0.5, 0.6) is 0 Å². The number of halogens is 2. The fourth-order valence-electron chi connectivity index (χ4n) is 2.11. The van der Waals surface area contributed by atoms with Crippen molar-refractivity contribution in [1.29, 1.82) is 0 Å². The Morgan fingerprint density at radius 1 is 1.08 bits per heavy atom. The second-order valence-electron chi connectivity index (χ2n) is 6.31. The summed E-state index contributed by atoms with van der Waals surface area (Å²) >= 11 is 14.0. The van der Waals surface area contributed by atoms with Crippen LogP contribution < -0.4 is 5.32 Å². The molecular formula is C19H21Cl2NOS. The molecule has 0 unspecified atom stereocenters. The zero-order valence-corrected chi connectivity index (χ0v) is 16.4. The third-order valence-corrected chi connectivity index (χ3v) is 5.65. The van der Waals surface area contributed by atoms with Crippen molar-refractivity contribution in [3.8, 4) is 0 Å². The monoisotopic (exact) mass is 381 g/mol. The summed E-state index contributed by atoms with van der Waals surface area (Å²) in [6.07, 6.45) is 0. The molecule has 5 heteroatoms. The topological polar surface area (TPSA) is 29.1 Å². The fourth-order valence-corrected chi connectivity index (χ4v) is 3.60. The number of nitrogens with one attached hydrogen (secondary N) is 1. The molecule has 0 aliphatic rings. The van der Waals surface area contributed by atoms with E-state index in [1.807, 2.05) is 0 Å². The van der Waals surface area contributed by atoms with Crippen molar-refractivity contribution in [1.82, 2.24) is 5.32 Å². The molecule has 0 aromatic heterocycles. The first-order valence-electron chi connectivity index (χ1n) is 7.70. The molecule has 2 rings (SSSR count). The van der Waals surface area contributed by atoms with Crippen molar-refractivity contribution in [3.05, 3.63) is 69.2 Å².